The third-order valence-electron chi connectivity index (χ3n) is 2.39. The van der Waals surface area contributed by atoms with Crippen molar-refractivity contribution in [1.82, 2.24) is 10.9 Å². The maximum absolute atomic E-state index is 11.6. The first-order valence-electron chi connectivity index (χ1n) is 6.05. The average molecular weight is 281 g/mol. The smallest absolute Gasteiger partial charge is 0.269 e. The SMILES string of the molecule is CC(CN)CSCC(=O)NNC(=O)c1ccccc1. The van der Waals surface area contributed by atoms with Crippen LogP contribution in [0.15, 0.2) is 30.3 Å². The Kier molecular flexibility index (Phi) is 6.99. The number of rotatable bonds is 6. The van der Waals surface area contributed by atoms with Gasteiger partial charge in [-0.2, -0.15) is 11.8 Å². The molecule has 1 atom stereocenters. The summed E-state index contributed by atoms with van der Waals surface area (Å²) < 4.78 is 0. The number of carbonyl (C=O) groups excluding carboxylic acids is 2. The molecule has 0 saturated heterocycles. The summed E-state index contributed by atoms with van der Waals surface area (Å²) in [6.07, 6.45) is 0. The maximum Gasteiger partial charge on any atom is 0.269 e. The van der Waals surface area contributed by atoms with E-state index in [0.29, 0.717) is 23.8 Å². The van der Waals surface area contributed by atoms with Crippen molar-refractivity contribution in [3.8, 4) is 0 Å². The van der Waals surface area contributed by atoms with E-state index in [1.54, 1.807) is 24.3 Å². The van der Waals surface area contributed by atoms with Crippen LogP contribution < -0.4 is 16.6 Å². The van der Waals surface area contributed by atoms with Gasteiger partial charge in [-0.15, -0.1) is 0 Å². The van der Waals surface area contributed by atoms with E-state index < -0.39 is 0 Å². The van der Waals surface area contributed by atoms with Gasteiger partial charge < -0.3 is 5.73 Å². The third-order valence-corrected chi connectivity index (χ3v) is 3.66. The molecule has 1 aromatic carbocycles. The minimum Gasteiger partial charge on any atom is -0.330 e. The highest BCUT2D eigenvalue weighted by atomic mass is 32.2. The fraction of sp³-hybridized carbons (Fsp3) is 0.385. The number of hydrogen-bond donors (Lipinski definition) is 3. The monoisotopic (exact) mass is 281 g/mol. The van der Waals surface area contributed by atoms with Crippen molar-refractivity contribution in [2.45, 2.75) is 6.92 Å². The van der Waals surface area contributed by atoms with Gasteiger partial charge in [0.1, 0.15) is 0 Å². The molecule has 19 heavy (non-hydrogen) atoms. The van der Waals surface area contributed by atoms with E-state index >= 15 is 0 Å². The number of benzene rings is 1. The van der Waals surface area contributed by atoms with Crippen LogP contribution in [0.2, 0.25) is 0 Å². The van der Waals surface area contributed by atoms with Crippen molar-refractivity contribution in [2.75, 3.05) is 18.1 Å². The van der Waals surface area contributed by atoms with E-state index in [1.807, 2.05) is 13.0 Å². The molecule has 0 aliphatic heterocycles. The summed E-state index contributed by atoms with van der Waals surface area (Å²) >= 11 is 1.50. The number of hydrogen-bond acceptors (Lipinski definition) is 4. The van der Waals surface area contributed by atoms with Crippen molar-refractivity contribution in [3.05, 3.63) is 35.9 Å². The van der Waals surface area contributed by atoms with Crippen LogP contribution in [0.1, 0.15) is 17.3 Å². The summed E-state index contributed by atoms with van der Waals surface area (Å²) in [5.41, 5.74) is 10.7. The Morgan fingerprint density at radius 1 is 1.26 bits per heavy atom. The molecule has 2 amide bonds. The van der Waals surface area contributed by atoms with E-state index in [1.165, 1.54) is 11.8 Å². The van der Waals surface area contributed by atoms with Crippen LogP contribution in [-0.2, 0) is 4.79 Å². The number of nitrogens with two attached hydrogens (primary N) is 1. The summed E-state index contributed by atoms with van der Waals surface area (Å²) in [4.78, 5) is 23.1. The Morgan fingerprint density at radius 2 is 1.95 bits per heavy atom. The van der Waals surface area contributed by atoms with E-state index in [9.17, 15) is 9.59 Å². The Labute approximate surface area is 117 Å². The van der Waals surface area contributed by atoms with Gasteiger partial charge in [0.15, 0.2) is 0 Å². The Hall–Kier alpha value is -1.53. The number of amides is 2. The van der Waals surface area contributed by atoms with Gasteiger partial charge in [0, 0.05) is 5.56 Å². The van der Waals surface area contributed by atoms with Gasteiger partial charge in [0.25, 0.3) is 5.91 Å². The van der Waals surface area contributed by atoms with Crippen LogP contribution in [0.3, 0.4) is 0 Å². The lowest BCUT2D eigenvalue weighted by Crippen LogP contribution is -2.42. The predicted octanol–water partition coefficient (Wildman–Crippen LogP) is 0.776. The zero-order valence-electron chi connectivity index (χ0n) is 10.9. The number of carbonyl (C=O) groups is 2. The molecule has 104 valence electrons. The Bertz CT molecular complexity index is 412. The average Bonchev–Trinajstić information content (AvgIpc) is 2.45. The summed E-state index contributed by atoms with van der Waals surface area (Å²) in [5, 5.41) is 0. The highest BCUT2D eigenvalue weighted by Crippen LogP contribution is 2.06. The van der Waals surface area contributed by atoms with Gasteiger partial charge in [-0.1, -0.05) is 25.1 Å². The first kappa shape index (κ1) is 15.5. The minimum absolute atomic E-state index is 0.224. The van der Waals surface area contributed by atoms with Crippen molar-refractivity contribution in [3.63, 3.8) is 0 Å². The van der Waals surface area contributed by atoms with Crippen LogP contribution in [0.25, 0.3) is 0 Å². The fourth-order valence-electron chi connectivity index (χ4n) is 1.25. The molecule has 0 saturated carbocycles. The lowest BCUT2D eigenvalue weighted by molar-refractivity contribution is -0.119. The van der Waals surface area contributed by atoms with E-state index in [4.69, 9.17) is 5.73 Å². The van der Waals surface area contributed by atoms with E-state index in [2.05, 4.69) is 10.9 Å². The molecule has 0 heterocycles. The van der Waals surface area contributed by atoms with Crippen molar-refractivity contribution in [2.24, 2.45) is 11.7 Å². The zero-order valence-corrected chi connectivity index (χ0v) is 11.7. The molecule has 6 heteroatoms. The van der Waals surface area contributed by atoms with Gasteiger partial charge in [-0.05, 0) is 30.3 Å². The Morgan fingerprint density at radius 3 is 2.58 bits per heavy atom. The van der Waals surface area contributed by atoms with E-state index in [-0.39, 0.29) is 11.8 Å². The predicted molar refractivity (Wildman–Crippen MR) is 77.6 cm³/mol. The molecular weight excluding hydrogens is 262 g/mol. The third kappa shape index (κ3) is 6.26. The molecule has 4 N–H and O–H groups in total. The van der Waals surface area contributed by atoms with Gasteiger partial charge in [0.05, 0.1) is 5.75 Å². The second-order valence-electron chi connectivity index (χ2n) is 4.22. The second-order valence-corrected chi connectivity index (χ2v) is 5.25. The molecule has 0 bridgehead atoms. The fourth-order valence-corrected chi connectivity index (χ4v) is 2.16. The standard InChI is InChI=1S/C13H19N3O2S/c1-10(7-14)8-19-9-12(17)15-16-13(18)11-5-3-2-4-6-11/h2-6,10H,7-9,14H2,1H3,(H,15,17)(H,16,18). The van der Waals surface area contributed by atoms with Gasteiger partial charge >= 0.3 is 0 Å². The molecule has 1 rings (SSSR count). The largest absolute Gasteiger partial charge is 0.330 e. The first-order valence-corrected chi connectivity index (χ1v) is 7.21. The quantitative estimate of drug-likeness (QED) is 0.673. The lowest BCUT2D eigenvalue weighted by Gasteiger charge is -2.09. The van der Waals surface area contributed by atoms with Crippen LogP contribution in [0.4, 0.5) is 0 Å². The van der Waals surface area contributed by atoms with Crippen LogP contribution in [0, 0.1) is 5.92 Å². The van der Waals surface area contributed by atoms with E-state index in [0.717, 1.165) is 5.75 Å². The van der Waals surface area contributed by atoms with Crippen molar-refractivity contribution in [1.29, 1.82) is 0 Å². The van der Waals surface area contributed by atoms with Crippen molar-refractivity contribution < 1.29 is 9.59 Å². The number of thioether (sulfide) groups is 1. The summed E-state index contributed by atoms with van der Waals surface area (Å²) in [6.45, 7) is 2.64. The maximum atomic E-state index is 11.6. The molecule has 1 unspecified atom stereocenters. The van der Waals surface area contributed by atoms with Crippen LogP contribution in [0.5, 0.6) is 0 Å². The number of hydrazine groups is 1. The normalized spacial score (nSPS) is 11.7. The van der Waals surface area contributed by atoms with Gasteiger partial charge in [-0.3, -0.25) is 20.4 Å². The summed E-state index contributed by atoms with van der Waals surface area (Å²) in [6, 6.07) is 8.71. The molecule has 0 radical (unpaired) electrons. The molecule has 0 spiro atoms. The van der Waals surface area contributed by atoms with Gasteiger partial charge in [0.2, 0.25) is 5.91 Å². The molecule has 0 aliphatic rings. The molecule has 0 aliphatic carbocycles. The second kappa shape index (κ2) is 8.55. The Balaban J connectivity index is 2.22. The summed E-state index contributed by atoms with van der Waals surface area (Å²) in [7, 11) is 0. The van der Waals surface area contributed by atoms with Crippen molar-refractivity contribution >= 4 is 23.6 Å². The van der Waals surface area contributed by atoms with Crippen LogP contribution in [-0.4, -0.2) is 29.9 Å². The summed E-state index contributed by atoms with van der Waals surface area (Å²) in [5.74, 6) is 0.972. The molecule has 1 aromatic rings. The van der Waals surface area contributed by atoms with Crippen LogP contribution >= 0.6 is 11.8 Å². The first-order chi connectivity index (χ1) is 9.13. The highest BCUT2D eigenvalue weighted by Gasteiger charge is 2.07. The lowest BCUT2D eigenvalue weighted by atomic mass is 10.2. The topological polar surface area (TPSA) is 84.2 Å². The minimum atomic E-state index is -0.325. The zero-order chi connectivity index (χ0) is 14.1. The number of nitrogens with one attached hydrogen (secondary N) is 2. The van der Waals surface area contributed by atoms with Gasteiger partial charge in [-0.25, -0.2) is 0 Å². The molecule has 0 fully saturated rings. The molecule has 5 nitrogen and oxygen atoms in total. The molecule has 0 aromatic heterocycles. The highest BCUT2D eigenvalue weighted by molar-refractivity contribution is 7.99. The molecular formula is C13H19N3O2S.